The fraction of sp³-hybridized carbons (Fsp3) is 0.481. The maximum Gasteiger partial charge on any atom is 0.337 e. The van der Waals surface area contributed by atoms with E-state index in [0.29, 0.717) is 43.1 Å². The van der Waals surface area contributed by atoms with Crippen LogP contribution >= 0.6 is 46.4 Å². The lowest BCUT2D eigenvalue weighted by Gasteiger charge is -2.32. The number of carbonyl (C=O) groups excluding carboxylic acids is 2. The molecule has 0 radical (unpaired) electrons. The van der Waals surface area contributed by atoms with E-state index in [4.69, 9.17) is 71.1 Å². The third-order valence-electron chi connectivity index (χ3n) is 5.75. The molecule has 3 N–H and O–H groups in total. The monoisotopic (exact) mass is 622 g/mol. The minimum atomic E-state index is -0.954. The van der Waals surface area contributed by atoms with Gasteiger partial charge in [-0.1, -0.05) is 54.8 Å². The van der Waals surface area contributed by atoms with E-state index in [9.17, 15) is 9.59 Å². The van der Waals surface area contributed by atoms with E-state index < -0.39 is 28.8 Å². The van der Waals surface area contributed by atoms with Crippen LogP contribution in [-0.4, -0.2) is 63.0 Å². The van der Waals surface area contributed by atoms with E-state index in [0.717, 1.165) is 6.42 Å². The molecule has 0 bridgehead atoms. The number of methoxy groups -OCH3 is 1. The van der Waals surface area contributed by atoms with Gasteiger partial charge in [-0.2, -0.15) is 0 Å². The Balaban J connectivity index is 2.61. The second-order valence-electron chi connectivity index (χ2n) is 8.53. The van der Waals surface area contributed by atoms with Crippen molar-refractivity contribution in [1.29, 1.82) is 0 Å². The van der Waals surface area contributed by atoms with Crippen molar-refractivity contribution in [1.82, 2.24) is 5.32 Å². The van der Waals surface area contributed by atoms with Gasteiger partial charge in [-0.05, 0) is 31.1 Å². The molecular formula is C27H34Cl4N2O6. The van der Waals surface area contributed by atoms with Crippen molar-refractivity contribution in [2.75, 3.05) is 40.1 Å². The van der Waals surface area contributed by atoms with Crippen LogP contribution in [0.25, 0.3) is 0 Å². The van der Waals surface area contributed by atoms with Crippen LogP contribution in [0.5, 0.6) is 0 Å². The summed E-state index contributed by atoms with van der Waals surface area (Å²) >= 11 is 24.7. The summed E-state index contributed by atoms with van der Waals surface area (Å²) in [5.41, 5.74) is 7.08. The number of ether oxygens (including phenoxy) is 4. The van der Waals surface area contributed by atoms with Gasteiger partial charge in [0.1, 0.15) is 10.9 Å². The number of nitrogens with one attached hydrogen (secondary N) is 1. The van der Waals surface area contributed by atoms with Crippen LogP contribution in [0, 0.1) is 0 Å². The highest BCUT2D eigenvalue weighted by molar-refractivity contribution is 6.45. The Bertz CT molecular complexity index is 1090. The highest BCUT2D eigenvalue weighted by atomic mass is 35.5. The Hall–Kier alpha value is -1.78. The smallest absolute Gasteiger partial charge is 0.337 e. The summed E-state index contributed by atoms with van der Waals surface area (Å²) in [6, 6.07) is 5.00. The number of carbonyl (C=O) groups is 2. The van der Waals surface area contributed by atoms with E-state index in [2.05, 4.69) is 5.32 Å². The minimum absolute atomic E-state index is 0.00336. The average molecular weight is 624 g/mol. The molecule has 0 fully saturated rings. The second-order valence-corrected chi connectivity index (χ2v) is 10.5. The highest BCUT2D eigenvalue weighted by Crippen LogP contribution is 2.43. The molecular weight excluding hydrogens is 590 g/mol. The topological polar surface area (TPSA) is 109 Å². The van der Waals surface area contributed by atoms with E-state index in [1.165, 1.54) is 13.2 Å². The van der Waals surface area contributed by atoms with Gasteiger partial charge in [-0.25, -0.2) is 9.59 Å². The molecule has 1 aromatic rings. The summed E-state index contributed by atoms with van der Waals surface area (Å²) < 4.78 is 22.1. The van der Waals surface area contributed by atoms with Gasteiger partial charge >= 0.3 is 11.9 Å². The third kappa shape index (κ3) is 9.67. The van der Waals surface area contributed by atoms with Crippen LogP contribution in [0.3, 0.4) is 0 Å². The van der Waals surface area contributed by atoms with Gasteiger partial charge in [0.25, 0.3) is 0 Å². The van der Waals surface area contributed by atoms with Gasteiger partial charge in [-0.15, -0.1) is 23.2 Å². The molecule has 1 aliphatic rings. The Kier molecular flexibility index (Phi) is 14.7. The lowest BCUT2D eigenvalue weighted by molar-refractivity contribution is -0.143. The Morgan fingerprint density at radius 1 is 1.08 bits per heavy atom. The number of allylic oxidation sites excluding steroid dienone is 2. The maximum atomic E-state index is 13.9. The van der Waals surface area contributed by atoms with E-state index >= 15 is 0 Å². The van der Waals surface area contributed by atoms with Gasteiger partial charge in [0, 0.05) is 12.2 Å². The molecule has 1 aliphatic heterocycles. The van der Waals surface area contributed by atoms with Crippen molar-refractivity contribution in [2.45, 2.75) is 43.5 Å². The first kappa shape index (κ1) is 33.4. The summed E-state index contributed by atoms with van der Waals surface area (Å²) in [6.45, 7) is 5.02. The standard InChI is InChI=1S/C27H34Cl4N2O6/c1-4-6-17(9-10-21(29)30)39-27(35)24-20(15-38-14-13-37-12-11-32)33-16(2)22(26(34)36-3)23(24)18-7-5-8-19(28)25(18)31/h5,7-10,17,21,23,33H,4,6,11-15,32H2,1-3H3/t17-,23+/m0/s1. The minimum Gasteiger partial charge on any atom is -0.466 e. The van der Waals surface area contributed by atoms with Crippen molar-refractivity contribution >= 4 is 58.3 Å². The molecule has 8 nitrogen and oxygen atoms in total. The zero-order valence-electron chi connectivity index (χ0n) is 22.1. The van der Waals surface area contributed by atoms with Crippen LogP contribution in [-0.2, 0) is 28.5 Å². The molecule has 0 spiro atoms. The normalized spacial score (nSPS) is 16.6. The van der Waals surface area contributed by atoms with Gasteiger partial charge in [0.05, 0.1) is 66.3 Å². The van der Waals surface area contributed by atoms with Crippen LogP contribution < -0.4 is 11.1 Å². The number of hydrogen-bond donors (Lipinski definition) is 2. The predicted molar refractivity (Wildman–Crippen MR) is 154 cm³/mol. The van der Waals surface area contributed by atoms with Crippen LogP contribution in [0.15, 0.2) is 52.9 Å². The molecule has 0 saturated heterocycles. The molecule has 1 aromatic carbocycles. The van der Waals surface area contributed by atoms with Crippen molar-refractivity contribution in [2.24, 2.45) is 5.73 Å². The number of esters is 2. The molecule has 2 rings (SSSR count). The van der Waals surface area contributed by atoms with Gasteiger partial charge in [0.15, 0.2) is 0 Å². The number of hydrogen-bond acceptors (Lipinski definition) is 8. The van der Waals surface area contributed by atoms with E-state index in [1.54, 1.807) is 31.2 Å². The summed E-state index contributed by atoms with van der Waals surface area (Å²) in [7, 11) is 1.26. The van der Waals surface area contributed by atoms with Gasteiger partial charge < -0.3 is 30.0 Å². The number of alkyl halides is 2. The molecule has 12 heteroatoms. The molecule has 0 unspecified atom stereocenters. The Labute approximate surface area is 249 Å². The van der Waals surface area contributed by atoms with Crippen LogP contribution in [0.2, 0.25) is 10.0 Å². The average Bonchev–Trinajstić information content (AvgIpc) is 2.90. The van der Waals surface area contributed by atoms with Crippen molar-refractivity contribution < 1.29 is 28.5 Å². The number of nitrogens with two attached hydrogens (primary N) is 1. The van der Waals surface area contributed by atoms with Crippen molar-refractivity contribution in [3.63, 3.8) is 0 Å². The lowest BCUT2D eigenvalue weighted by Crippen LogP contribution is -2.35. The number of benzene rings is 1. The van der Waals surface area contributed by atoms with E-state index in [-0.39, 0.29) is 34.4 Å². The largest absolute Gasteiger partial charge is 0.466 e. The lowest BCUT2D eigenvalue weighted by atomic mass is 9.80. The molecule has 2 atom stereocenters. The first-order valence-corrected chi connectivity index (χ1v) is 14.0. The van der Waals surface area contributed by atoms with Crippen LogP contribution in [0.4, 0.5) is 0 Å². The SMILES string of the molecule is CCC[C@@H](C=CC(Cl)Cl)OC(=O)C1=C(COCCOCCN)NC(C)=C(C(=O)OC)[C@H]1c1cccc(Cl)c1Cl. The van der Waals surface area contributed by atoms with Crippen molar-refractivity contribution in [3.05, 3.63) is 68.5 Å². The summed E-state index contributed by atoms with van der Waals surface area (Å²) in [5.74, 6) is -2.28. The predicted octanol–water partition coefficient (Wildman–Crippen LogP) is 5.45. The molecule has 39 heavy (non-hydrogen) atoms. The van der Waals surface area contributed by atoms with Gasteiger partial charge in [0.2, 0.25) is 0 Å². The highest BCUT2D eigenvalue weighted by Gasteiger charge is 2.40. The molecule has 0 amide bonds. The first-order chi connectivity index (χ1) is 18.7. The molecule has 0 aliphatic carbocycles. The summed E-state index contributed by atoms with van der Waals surface area (Å²) in [4.78, 5) is 26.2. The van der Waals surface area contributed by atoms with Crippen LogP contribution in [0.1, 0.15) is 38.2 Å². The Morgan fingerprint density at radius 3 is 2.44 bits per heavy atom. The third-order valence-corrected chi connectivity index (χ3v) is 6.87. The zero-order chi connectivity index (χ0) is 28.9. The summed E-state index contributed by atoms with van der Waals surface area (Å²) in [5, 5.41) is 3.60. The first-order valence-electron chi connectivity index (χ1n) is 12.4. The van der Waals surface area contributed by atoms with Crippen molar-refractivity contribution in [3.8, 4) is 0 Å². The molecule has 0 saturated carbocycles. The second kappa shape index (κ2) is 17.1. The molecule has 1 heterocycles. The summed E-state index contributed by atoms with van der Waals surface area (Å²) in [6.07, 6.45) is 3.80. The number of rotatable bonds is 15. The molecule has 0 aromatic heterocycles. The fourth-order valence-electron chi connectivity index (χ4n) is 4.05. The quantitative estimate of drug-likeness (QED) is 0.115. The molecule has 216 valence electrons. The van der Waals surface area contributed by atoms with E-state index in [1.807, 2.05) is 6.92 Å². The number of dihydropyridines is 1. The maximum absolute atomic E-state index is 13.9. The number of halogens is 4. The zero-order valence-corrected chi connectivity index (χ0v) is 25.1. The van der Waals surface area contributed by atoms with Gasteiger partial charge in [-0.3, -0.25) is 0 Å². The Morgan fingerprint density at radius 2 is 1.79 bits per heavy atom. The fourth-order valence-corrected chi connectivity index (χ4v) is 4.64.